The molecule has 0 radical (unpaired) electrons. The number of hydrogen-bond acceptors (Lipinski definition) is 1. The summed E-state index contributed by atoms with van der Waals surface area (Å²) in [6.07, 6.45) is 2.84. The highest BCUT2D eigenvalue weighted by Gasteiger charge is 2.44. The zero-order valence-corrected chi connectivity index (χ0v) is 12.0. The third-order valence-corrected chi connectivity index (χ3v) is 4.46. The van der Waals surface area contributed by atoms with Crippen molar-refractivity contribution < 1.29 is 4.79 Å². The summed E-state index contributed by atoms with van der Waals surface area (Å²) in [5.41, 5.74) is 4.38. The maximum absolute atomic E-state index is 12.7. The van der Waals surface area contributed by atoms with Crippen molar-refractivity contribution in [3.63, 3.8) is 0 Å². The van der Waals surface area contributed by atoms with Crippen molar-refractivity contribution in [3.05, 3.63) is 71.4 Å². The first-order valence-electron chi connectivity index (χ1n) is 7.41. The molecular weight excluding hydrogens is 258 g/mol. The number of ketones is 1. The Hall–Kier alpha value is -2.35. The van der Waals surface area contributed by atoms with Crippen LogP contribution in [-0.4, -0.2) is 10.8 Å². The van der Waals surface area contributed by atoms with E-state index in [9.17, 15) is 4.79 Å². The van der Waals surface area contributed by atoms with Crippen molar-refractivity contribution in [3.8, 4) is 0 Å². The minimum atomic E-state index is 0.146. The highest BCUT2D eigenvalue weighted by molar-refractivity contribution is 6.10. The Morgan fingerprint density at radius 3 is 2.76 bits per heavy atom. The third kappa shape index (κ3) is 2.07. The Kier molecular flexibility index (Phi) is 2.71. The topological polar surface area (TPSA) is 32.9 Å². The van der Waals surface area contributed by atoms with Gasteiger partial charge in [-0.25, -0.2) is 0 Å². The van der Waals surface area contributed by atoms with E-state index in [1.165, 1.54) is 11.1 Å². The minimum Gasteiger partial charge on any atom is -0.360 e. The lowest BCUT2D eigenvalue weighted by molar-refractivity contribution is 0.0967. The molecule has 1 saturated carbocycles. The van der Waals surface area contributed by atoms with Gasteiger partial charge in [0.2, 0.25) is 0 Å². The summed E-state index contributed by atoms with van der Waals surface area (Å²) in [6.45, 7) is 2.06. The molecule has 0 amide bonds. The first kappa shape index (κ1) is 12.4. The maximum atomic E-state index is 12.7. The second-order valence-corrected chi connectivity index (χ2v) is 5.98. The van der Waals surface area contributed by atoms with Gasteiger partial charge in [-0.2, -0.15) is 0 Å². The van der Waals surface area contributed by atoms with Crippen LogP contribution in [0.3, 0.4) is 0 Å². The molecule has 1 fully saturated rings. The van der Waals surface area contributed by atoms with Gasteiger partial charge in [-0.15, -0.1) is 0 Å². The van der Waals surface area contributed by atoms with E-state index in [1.54, 1.807) is 0 Å². The summed E-state index contributed by atoms with van der Waals surface area (Å²) in [5, 5.41) is 1.05. The lowest BCUT2D eigenvalue weighted by Gasteiger charge is -2.00. The van der Waals surface area contributed by atoms with E-state index < -0.39 is 0 Å². The van der Waals surface area contributed by atoms with E-state index in [4.69, 9.17) is 0 Å². The number of nitrogens with one attached hydrogen (secondary N) is 1. The van der Waals surface area contributed by atoms with Crippen molar-refractivity contribution in [2.45, 2.75) is 19.3 Å². The Morgan fingerprint density at radius 2 is 1.95 bits per heavy atom. The number of carbonyl (C=O) groups is 1. The largest absolute Gasteiger partial charge is 0.360 e. The predicted molar refractivity (Wildman–Crippen MR) is 84.7 cm³/mol. The van der Waals surface area contributed by atoms with E-state index >= 15 is 0 Å². The predicted octanol–water partition coefficient (Wildman–Crippen LogP) is 4.46. The zero-order valence-electron chi connectivity index (χ0n) is 12.0. The summed E-state index contributed by atoms with van der Waals surface area (Å²) in [5.74, 6) is 0.820. The van der Waals surface area contributed by atoms with Gasteiger partial charge in [0.25, 0.3) is 0 Å². The number of aryl methyl sites for hydroxylation is 1. The average molecular weight is 275 g/mol. The quantitative estimate of drug-likeness (QED) is 0.703. The Balaban J connectivity index is 1.63. The molecule has 3 aromatic rings. The molecule has 1 aliphatic rings. The molecule has 21 heavy (non-hydrogen) atoms. The lowest BCUT2D eigenvalue weighted by atomic mass is 10.0. The summed E-state index contributed by atoms with van der Waals surface area (Å²) in [7, 11) is 0. The number of fused-ring (bicyclic) bond motifs is 1. The molecule has 1 N–H and O–H groups in total. The van der Waals surface area contributed by atoms with Crippen molar-refractivity contribution >= 4 is 16.7 Å². The molecule has 2 aromatic carbocycles. The number of aromatic amines is 1. The molecule has 1 heterocycles. The van der Waals surface area contributed by atoms with Crippen LogP contribution in [0.2, 0.25) is 0 Å². The van der Waals surface area contributed by atoms with Crippen LogP contribution in [0, 0.1) is 12.8 Å². The van der Waals surface area contributed by atoms with Crippen LogP contribution in [-0.2, 0) is 0 Å². The molecule has 104 valence electrons. The van der Waals surface area contributed by atoms with Crippen LogP contribution in [0.1, 0.15) is 33.8 Å². The fourth-order valence-corrected chi connectivity index (χ4v) is 3.20. The van der Waals surface area contributed by atoms with Crippen LogP contribution >= 0.6 is 0 Å². The standard InChI is InChI=1S/C19H17NO/c1-12-7-8-14-17(11-20-18(14)9-12)19(21)16-10-15(16)13-5-3-2-4-6-13/h2-9,11,15-16,20H,10H2,1H3. The minimum absolute atomic E-state index is 0.146. The zero-order chi connectivity index (χ0) is 14.4. The number of H-pyrrole nitrogens is 1. The fraction of sp³-hybridized carbons (Fsp3) is 0.211. The van der Waals surface area contributed by atoms with Gasteiger partial charge in [-0.05, 0) is 36.5 Å². The van der Waals surface area contributed by atoms with E-state index in [2.05, 4.69) is 36.2 Å². The molecule has 2 atom stereocenters. The summed E-state index contributed by atoms with van der Waals surface area (Å²) in [6, 6.07) is 16.6. The Labute approximate surface area is 123 Å². The second kappa shape index (κ2) is 4.59. The first-order chi connectivity index (χ1) is 10.2. The molecule has 1 aliphatic carbocycles. The average Bonchev–Trinajstić information content (AvgIpc) is 3.21. The highest BCUT2D eigenvalue weighted by Crippen LogP contribution is 2.49. The maximum Gasteiger partial charge on any atom is 0.168 e. The number of benzene rings is 2. The summed E-state index contributed by atoms with van der Waals surface area (Å²) in [4.78, 5) is 16.0. The van der Waals surface area contributed by atoms with Gasteiger partial charge >= 0.3 is 0 Å². The van der Waals surface area contributed by atoms with E-state index in [0.717, 1.165) is 22.9 Å². The van der Waals surface area contributed by atoms with Crippen LogP contribution in [0.15, 0.2) is 54.7 Å². The van der Waals surface area contributed by atoms with Gasteiger partial charge in [0.1, 0.15) is 0 Å². The number of aromatic nitrogens is 1. The number of hydrogen-bond donors (Lipinski definition) is 1. The third-order valence-electron chi connectivity index (χ3n) is 4.46. The normalized spacial score (nSPS) is 20.6. The van der Waals surface area contributed by atoms with Crippen LogP contribution in [0.5, 0.6) is 0 Å². The van der Waals surface area contributed by atoms with Gasteiger partial charge in [0.05, 0.1) is 0 Å². The van der Waals surface area contributed by atoms with Gasteiger partial charge < -0.3 is 4.98 Å². The van der Waals surface area contributed by atoms with Gasteiger partial charge in [0, 0.05) is 28.6 Å². The molecular formula is C19H17NO. The summed E-state index contributed by atoms with van der Waals surface area (Å²) < 4.78 is 0. The van der Waals surface area contributed by atoms with E-state index in [-0.39, 0.29) is 11.7 Å². The summed E-state index contributed by atoms with van der Waals surface area (Å²) >= 11 is 0. The molecule has 2 unspecified atom stereocenters. The van der Waals surface area contributed by atoms with Gasteiger partial charge in [0.15, 0.2) is 5.78 Å². The number of carbonyl (C=O) groups excluding carboxylic acids is 1. The molecule has 0 spiro atoms. The molecule has 4 rings (SSSR count). The first-order valence-corrected chi connectivity index (χ1v) is 7.41. The smallest absolute Gasteiger partial charge is 0.168 e. The van der Waals surface area contributed by atoms with Crippen LogP contribution in [0.4, 0.5) is 0 Å². The van der Waals surface area contributed by atoms with Gasteiger partial charge in [-0.1, -0.05) is 42.5 Å². The molecule has 0 aliphatic heterocycles. The molecule has 0 bridgehead atoms. The molecule has 2 heteroatoms. The molecule has 0 saturated heterocycles. The van der Waals surface area contributed by atoms with Crippen molar-refractivity contribution in [2.75, 3.05) is 0 Å². The molecule has 1 aromatic heterocycles. The Bertz CT molecular complexity index is 816. The fourth-order valence-electron chi connectivity index (χ4n) is 3.20. The van der Waals surface area contributed by atoms with Crippen molar-refractivity contribution in [1.82, 2.24) is 4.98 Å². The lowest BCUT2D eigenvalue weighted by Crippen LogP contribution is -2.02. The Morgan fingerprint density at radius 1 is 1.14 bits per heavy atom. The monoisotopic (exact) mass is 275 g/mol. The van der Waals surface area contributed by atoms with Crippen molar-refractivity contribution in [2.24, 2.45) is 5.92 Å². The van der Waals surface area contributed by atoms with Gasteiger partial charge in [-0.3, -0.25) is 4.79 Å². The SMILES string of the molecule is Cc1ccc2c(C(=O)C3CC3c3ccccc3)c[nH]c2c1. The molecule has 2 nitrogen and oxygen atoms in total. The highest BCUT2D eigenvalue weighted by atomic mass is 16.1. The van der Waals surface area contributed by atoms with Crippen LogP contribution < -0.4 is 0 Å². The second-order valence-electron chi connectivity index (χ2n) is 5.98. The number of Topliss-reactive ketones (excluding diaryl/α,β-unsaturated/α-hetero) is 1. The van der Waals surface area contributed by atoms with Crippen LogP contribution in [0.25, 0.3) is 10.9 Å². The van der Waals surface area contributed by atoms with Crippen molar-refractivity contribution in [1.29, 1.82) is 0 Å². The van der Waals surface area contributed by atoms with E-state index in [1.807, 2.05) is 30.5 Å². The number of rotatable bonds is 3. The van der Waals surface area contributed by atoms with E-state index in [0.29, 0.717) is 5.92 Å².